The molecule has 30 heavy (non-hydrogen) atoms. The summed E-state index contributed by atoms with van der Waals surface area (Å²) in [4.78, 5) is 17.4. The van der Waals surface area contributed by atoms with Gasteiger partial charge in [-0.05, 0) is 50.8 Å². The lowest BCUT2D eigenvalue weighted by Crippen LogP contribution is -2.37. The Balaban J connectivity index is 1.23. The predicted octanol–water partition coefficient (Wildman–Crippen LogP) is 4.09. The van der Waals surface area contributed by atoms with Gasteiger partial charge in [-0.1, -0.05) is 37.0 Å². The van der Waals surface area contributed by atoms with Crippen molar-refractivity contribution in [2.24, 2.45) is 5.92 Å². The molecular weight excluding hydrogens is 376 g/mol. The third kappa shape index (κ3) is 5.69. The fourth-order valence-electron chi connectivity index (χ4n) is 4.68. The fourth-order valence-corrected chi connectivity index (χ4v) is 4.68. The molecule has 162 valence electrons. The first kappa shape index (κ1) is 21.0. The number of amides is 1. The molecule has 1 aliphatic heterocycles. The van der Waals surface area contributed by atoms with Gasteiger partial charge in [-0.2, -0.15) is 0 Å². The third-order valence-corrected chi connectivity index (χ3v) is 6.50. The lowest BCUT2D eigenvalue weighted by atomic mass is 9.89. The average molecular weight is 411 g/mol. The summed E-state index contributed by atoms with van der Waals surface area (Å²) in [6, 6.07) is 8.02. The van der Waals surface area contributed by atoms with Gasteiger partial charge in [0.1, 0.15) is 0 Å². The molecule has 6 heteroatoms. The van der Waals surface area contributed by atoms with Crippen molar-refractivity contribution in [1.82, 2.24) is 20.0 Å². The molecule has 1 aromatic carbocycles. The molecule has 1 saturated heterocycles. The highest BCUT2D eigenvalue weighted by molar-refractivity contribution is 5.76. The Labute approximate surface area is 179 Å². The second kappa shape index (κ2) is 10.2. The number of carbonyl (C=O) groups is 1. The molecule has 0 bridgehead atoms. The van der Waals surface area contributed by atoms with Gasteiger partial charge < -0.3 is 14.2 Å². The number of carbonyl (C=O) groups excluding carboxylic acids is 1. The molecule has 0 atom stereocenters. The van der Waals surface area contributed by atoms with E-state index in [4.69, 9.17) is 4.42 Å². The number of hydrogen-bond donors (Lipinski definition) is 0. The predicted molar refractivity (Wildman–Crippen MR) is 117 cm³/mol. The van der Waals surface area contributed by atoms with Gasteiger partial charge in [0.25, 0.3) is 0 Å². The SMILES string of the molecule is Cc1ccc(-c2nnc(CCC(=O)N3CCCN(CC4CCCCC4)CC3)o2)cc1. The summed E-state index contributed by atoms with van der Waals surface area (Å²) in [5.74, 6) is 2.11. The molecular formula is C24H34N4O2. The van der Waals surface area contributed by atoms with Gasteiger partial charge in [0.15, 0.2) is 0 Å². The molecule has 0 N–H and O–H groups in total. The molecule has 2 heterocycles. The summed E-state index contributed by atoms with van der Waals surface area (Å²) in [6.07, 6.45) is 8.96. The van der Waals surface area contributed by atoms with Crippen LogP contribution < -0.4 is 0 Å². The van der Waals surface area contributed by atoms with Gasteiger partial charge in [0.2, 0.25) is 17.7 Å². The van der Waals surface area contributed by atoms with E-state index in [0.29, 0.717) is 24.6 Å². The highest BCUT2D eigenvalue weighted by Gasteiger charge is 2.22. The van der Waals surface area contributed by atoms with E-state index in [-0.39, 0.29) is 5.91 Å². The van der Waals surface area contributed by atoms with Gasteiger partial charge in [-0.3, -0.25) is 4.79 Å². The van der Waals surface area contributed by atoms with Gasteiger partial charge in [0, 0.05) is 44.6 Å². The monoisotopic (exact) mass is 410 g/mol. The van der Waals surface area contributed by atoms with Crippen LogP contribution in [0.15, 0.2) is 28.7 Å². The lowest BCUT2D eigenvalue weighted by Gasteiger charge is -2.28. The van der Waals surface area contributed by atoms with Crippen molar-refractivity contribution >= 4 is 5.91 Å². The maximum absolute atomic E-state index is 12.8. The number of aryl methyl sites for hydroxylation is 2. The van der Waals surface area contributed by atoms with Crippen molar-refractivity contribution in [3.8, 4) is 11.5 Å². The van der Waals surface area contributed by atoms with Crippen LogP contribution in [0, 0.1) is 12.8 Å². The van der Waals surface area contributed by atoms with E-state index in [1.165, 1.54) is 44.2 Å². The fraction of sp³-hybridized carbons (Fsp3) is 0.625. The number of nitrogens with zero attached hydrogens (tertiary/aromatic N) is 4. The average Bonchev–Trinajstić information content (AvgIpc) is 3.12. The van der Waals surface area contributed by atoms with E-state index in [2.05, 4.69) is 15.1 Å². The number of hydrogen-bond acceptors (Lipinski definition) is 5. The van der Waals surface area contributed by atoms with Crippen molar-refractivity contribution in [3.63, 3.8) is 0 Å². The highest BCUT2D eigenvalue weighted by atomic mass is 16.4. The Morgan fingerprint density at radius 1 is 1.00 bits per heavy atom. The molecule has 1 aromatic heterocycles. The molecule has 1 aliphatic carbocycles. The normalized spacial score (nSPS) is 19.0. The minimum absolute atomic E-state index is 0.199. The Hall–Kier alpha value is -2.21. The summed E-state index contributed by atoms with van der Waals surface area (Å²) < 4.78 is 5.77. The number of benzene rings is 1. The Morgan fingerprint density at radius 3 is 2.60 bits per heavy atom. The Bertz CT molecular complexity index is 811. The minimum Gasteiger partial charge on any atom is -0.421 e. The van der Waals surface area contributed by atoms with Crippen molar-refractivity contribution in [3.05, 3.63) is 35.7 Å². The smallest absolute Gasteiger partial charge is 0.247 e. The summed E-state index contributed by atoms with van der Waals surface area (Å²) in [5, 5.41) is 8.27. The molecule has 0 unspecified atom stereocenters. The molecule has 0 spiro atoms. The van der Waals surface area contributed by atoms with Crippen LogP contribution in [0.3, 0.4) is 0 Å². The second-order valence-corrected chi connectivity index (χ2v) is 8.91. The molecule has 1 amide bonds. The van der Waals surface area contributed by atoms with Crippen LogP contribution in [-0.4, -0.2) is 58.6 Å². The summed E-state index contributed by atoms with van der Waals surface area (Å²) in [5.41, 5.74) is 2.11. The zero-order valence-corrected chi connectivity index (χ0v) is 18.2. The number of rotatable bonds is 6. The zero-order valence-electron chi connectivity index (χ0n) is 18.2. The quantitative estimate of drug-likeness (QED) is 0.718. The third-order valence-electron chi connectivity index (χ3n) is 6.50. The maximum Gasteiger partial charge on any atom is 0.247 e. The summed E-state index contributed by atoms with van der Waals surface area (Å²) in [7, 11) is 0. The van der Waals surface area contributed by atoms with Crippen LogP contribution in [-0.2, 0) is 11.2 Å². The zero-order chi connectivity index (χ0) is 20.8. The van der Waals surface area contributed by atoms with Gasteiger partial charge in [-0.25, -0.2) is 0 Å². The molecule has 2 aliphatic rings. The Kier molecular flexibility index (Phi) is 7.16. The minimum atomic E-state index is 0.199. The first-order chi connectivity index (χ1) is 14.7. The Morgan fingerprint density at radius 2 is 1.80 bits per heavy atom. The van der Waals surface area contributed by atoms with Crippen LogP contribution in [0.2, 0.25) is 0 Å². The van der Waals surface area contributed by atoms with Gasteiger partial charge in [-0.15, -0.1) is 10.2 Å². The molecule has 6 nitrogen and oxygen atoms in total. The van der Waals surface area contributed by atoms with E-state index >= 15 is 0 Å². The topological polar surface area (TPSA) is 62.5 Å². The van der Waals surface area contributed by atoms with Crippen LogP contribution in [0.4, 0.5) is 0 Å². The van der Waals surface area contributed by atoms with Gasteiger partial charge in [0.05, 0.1) is 0 Å². The van der Waals surface area contributed by atoms with E-state index in [9.17, 15) is 4.79 Å². The van der Waals surface area contributed by atoms with E-state index in [1.807, 2.05) is 36.1 Å². The lowest BCUT2D eigenvalue weighted by molar-refractivity contribution is -0.131. The van der Waals surface area contributed by atoms with Crippen LogP contribution in [0.5, 0.6) is 0 Å². The summed E-state index contributed by atoms with van der Waals surface area (Å²) >= 11 is 0. The van der Waals surface area contributed by atoms with Crippen LogP contribution >= 0.6 is 0 Å². The van der Waals surface area contributed by atoms with Crippen molar-refractivity contribution in [2.75, 3.05) is 32.7 Å². The van der Waals surface area contributed by atoms with E-state index in [0.717, 1.165) is 44.1 Å². The van der Waals surface area contributed by atoms with E-state index in [1.54, 1.807) is 0 Å². The second-order valence-electron chi connectivity index (χ2n) is 8.91. The van der Waals surface area contributed by atoms with Crippen LogP contribution in [0.25, 0.3) is 11.5 Å². The molecule has 2 aromatic rings. The van der Waals surface area contributed by atoms with Gasteiger partial charge >= 0.3 is 0 Å². The largest absolute Gasteiger partial charge is 0.421 e. The maximum atomic E-state index is 12.8. The standard InChI is InChI=1S/C24H34N4O2/c1-19-8-10-21(11-9-19)24-26-25-22(30-24)12-13-23(29)28-15-5-14-27(16-17-28)18-20-6-3-2-4-7-20/h8-11,20H,2-7,12-18H2,1H3. The highest BCUT2D eigenvalue weighted by Crippen LogP contribution is 2.25. The van der Waals surface area contributed by atoms with Crippen molar-refractivity contribution < 1.29 is 9.21 Å². The summed E-state index contributed by atoms with van der Waals surface area (Å²) in [6.45, 7) is 7.07. The van der Waals surface area contributed by atoms with Crippen molar-refractivity contribution in [2.45, 2.75) is 58.3 Å². The first-order valence-electron chi connectivity index (χ1n) is 11.6. The number of aromatic nitrogens is 2. The molecule has 0 radical (unpaired) electrons. The molecule has 1 saturated carbocycles. The van der Waals surface area contributed by atoms with Crippen molar-refractivity contribution in [1.29, 1.82) is 0 Å². The first-order valence-corrected chi connectivity index (χ1v) is 11.6. The van der Waals surface area contributed by atoms with E-state index < -0.39 is 0 Å². The van der Waals surface area contributed by atoms with Crippen LogP contribution in [0.1, 0.15) is 56.4 Å². The molecule has 4 rings (SSSR count). The molecule has 2 fully saturated rings.